The molecule has 5 heteroatoms. The van der Waals surface area contributed by atoms with Crippen LogP contribution in [0.2, 0.25) is 0 Å². The summed E-state index contributed by atoms with van der Waals surface area (Å²) in [6.07, 6.45) is 2.40. The Kier molecular flexibility index (Phi) is 3.43. The average molecular weight is 249 g/mol. The van der Waals surface area contributed by atoms with Gasteiger partial charge in [-0.25, -0.2) is 15.8 Å². The molecular weight excluding hydrogens is 226 g/mol. The number of hydrazine groups is 1. The number of nitrogens with one attached hydrogen (secondary N) is 1. The van der Waals surface area contributed by atoms with E-state index in [-0.39, 0.29) is 5.54 Å². The molecule has 2 heterocycles. The number of nitrogens with two attached hydrogens (primary N) is 1. The van der Waals surface area contributed by atoms with Gasteiger partial charge in [-0.2, -0.15) is 0 Å². The maximum Gasteiger partial charge on any atom is 0.145 e. The van der Waals surface area contributed by atoms with Crippen LogP contribution in [0.3, 0.4) is 0 Å². The van der Waals surface area contributed by atoms with Gasteiger partial charge in [0.25, 0.3) is 0 Å². The van der Waals surface area contributed by atoms with Crippen molar-refractivity contribution < 1.29 is 0 Å². The molecule has 0 radical (unpaired) electrons. The zero-order valence-corrected chi connectivity index (χ0v) is 11.7. The first-order valence-electron chi connectivity index (χ1n) is 6.57. The molecule has 3 N–H and O–H groups in total. The van der Waals surface area contributed by atoms with Gasteiger partial charge in [0.2, 0.25) is 0 Å². The fraction of sp³-hybridized carbons (Fsp3) is 0.692. The van der Waals surface area contributed by atoms with Crippen LogP contribution in [0.5, 0.6) is 0 Å². The summed E-state index contributed by atoms with van der Waals surface area (Å²) < 4.78 is 0. The van der Waals surface area contributed by atoms with Crippen LogP contribution in [0.25, 0.3) is 0 Å². The number of nitrogens with zero attached hydrogens (tertiary/aromatic N) is 3. The lowest BCUT2D eigenvalue weighted by atomic mass is 10.0. The first-order chi connectivity index (χ1) is 8.44. The molecule has 1 aliphatic rings. The number of nitrogen functional groups attached to an aromatic ring is 1. The van der Waals surface area contributed by atoms with Gasteiger partial charge in [-0.3, -0.25) is 0 Å². The second-order valence-electron chi connectivity index (χ2n) is 5.84. The molecule has 0 unspecified atom stereocenters. The Morgan fingerprint density at radius 2 is 2.11 bits per heavy atom. The lowest BCUT2D eigenvalue weighted by molar-refractivity contribution is 0.513. The highest BCUT2D eigenvalue weighted by Crippen LogP contribution is 2.33. The maximum atomic E-state index is 5.50. The molecule has 1 fully saturated rings. The number of hydrogen-bond donors (Lipinski definition) is 2. The van der Waals surface area contributed by atoms with E-state index in [0.717, 1.165) is 18.2 Å². The number of rotatable bonds is 3. The van der Waals surface area contributed by atoms with Crippen molar-refractivity contribution in [1.29, 1.82) is 0 Å². The van der Waals surface area contributed by atoms with Gasteiger partial charge >= 0.3 is 0 Å². The molecule has 18 heavy (non-hydrogen) atoms. The quantitative estimate of drug-likeness (QED) is 0.635. The summed E-state index contributed by atoms with van der Waals surface area (Å²) in [5.41, 5.74) is 2.80. The first-order valence-corrected chi connectivity index (χ1v) is 6.57. The molecule has 1 aromatic rings. The monoisotopic (exact) mass is 249 g/mol. The van der Waals surface area contributed by atoms with Crippen molar-refractivity contribution in [2.75, 3.05) is 16.9 Å². The van der Waals surface area contributed by atoms with Crippen LogP contribution in [-0.2, 0) is 0 Å². The van der Waals surface area contributed by atoms with E-state index in [4.69, 9.17) is 5.84 Å². The smallest absolute Gasteiger partial charge is 0.145 e. The number of anilines is 2. The summed E-state index contributed by atoms with van der Waals surface area (Å²) >= 11 is 0. The van der Waals surface area contributed by atoms with E-state index in [9.17, 15) is 0 Å². The summed E-state index contributed by atoms with van der Waals surface area (Å²) in [5, 5.41) is 0. The maximum absolute atomic E-state index is 5.50. The highest BCUT2D eigenvalue weighted by atomic mass is 15.3. The normalized spacial score (nSPS) is 18.4. The zero-order valence-electron chi connectivity index (χ0n) is 11.7. The molecule has 0 aromatic carbocycles. The van der Waals surface area contributed by atoms with Crippen molar-refractivity contribution in [3.05, 3.63) is 11.9 Å². The Morgan fingerprint density at radius 1 is 1.39 bits per heavy atom. The molecule has 1 aromatic heterocycles. The Hall–Kier alpha value is -1.36. The van der Waals surface area contributed by atoms with Crippen LogP contribution in [0.4, 0.5) is 11.6 Å². The molecule has 0 aliphatic carbocycles. The standard InChI is InChI=1S/C13H23N5/c1-9(2)12-15-10(17-14)8-11(16-12)18-7-5-6-13(18,3)4/h8-9H,5-7,14H2,1-4H3,(H,15,16,17). The molecular formula is C13H23N5. The van der Waals surface area contributed by atoms with Gasteiger partial charge in [0.05, 0.1) is 0 Å². The van der Waals surface area contributed by atoms with Crippen molar-refractivity contribution >= 4 is 11.6 Å². The molecule has 2 rings (SSSR count). The van der Waals surface area contributed by atoms with Crippen molar-refractivity contribution in [1.82, 2.24) is 9.97 Å². The van der Waals surface area contributed by atoms with Crippen LogP contribution >= 0.6 is 0 Å². The SMILES string of the molecule is CC(C)c1nc(NN)cc(N2CCCC2(C)C)n1. The average Bonchev–Trinajstić information content (AvgIpc) is 2.68. The largest absolute Gasteiger partial charge is 0.351 e. The van der Waals surface area contributed by atoms with E-state index >= 15 is 0 Å². The minimum absolute atomic E-state index is 0.161. The van der Waals surface area contributed by atoms with E-state index in [1.165, 1.54) is 12.8 Å². The van der Waals surface area contributed by atoms with Crippen molar-refractivity contribution in [3.63, 3.8) is 0 Å². The van der Waals surface area contributed by atoms with Gasteiger partial charge in [0.15, 0.2) is 0 Å². The molecule has 0 spiro atoms. The predicted octanol–water partition coefficient (Wildman–Crippen LogP) is 2.26. The molecule has 0 bridgehead atoms. The topological polar surface area (TPSA) is 67.1 Å². The van der Waals surface area contributed by atoms with Crippen LogP contribution in [0.1, 0.15) is 52.3 Å². The second-order valence-corrected chi connectivity index (χ2v) is 5.84. The molecule has 100 valence electrons. The van der Waals surface area contributed by atoms with Crippen LogP contribution in [0.15, 0.2) is 6.07 Å². The molecule has 0 saturated carbocycles. The van der Waals surface area contributed by atoms with Gasteiger partial charge < -0.3 is 10.3 Å². The minimum Gasteiger partial charge on any atom is -0.351 e. The Bertz CT molecular complexity index is 427. The summed E-state index contributed by atoms with van der Waals surface area (Å²) in [7, 11) is 0. The molecule has 1 aliphatic heterocycles. The minimum atomic E-state index is 0.161. The fourth-order valence-corrected chi connectivity index (χ4v) is 2.46. The summed E-state index contributed by atoms with van der Waals surface area (Å²) in [4.78, 5) is 11.4. The lowest BCUT2D eigenvalue weighted by Gasteiger charge is -2.33. The van der Waals surface area contributed by atoms with Crippen molar-refractivity contribution in [3.8, 4) is 0 Å². The zero-order chi connectivity index (χ0) is 13.3. The third-order valence-corrected chi connectivity index (χ3v) is 3.57. The van der Waals surface area contributed by atoms with Gasteiger partial charge in [-0.1, -0.05) is 13.8 Å². The number of hydrogen-bond acceptors (Lipinski definition) is 5. The second kappa shape index (κ2) is 4.72. The molecule has 0 amide bonds. The van der Waals surface area contributed by atoms with Gasteiger partial charge in [-0.05, 0) is 26.7 Å². The lowest BCUT2D eigenvalue weighted by Crippen LogP contribution is -2.39. The molecule has 1 saturated heterocycles. The summed E-state index contributed by atoms with van der Waals surface area (Å²) in [5.74, 6) is 8.29. The van der Waals surface area contributed by atoms with E-state index in [2.05, 4.69) is 48.0 Å². The predicted molar refractivity (Wildman–Crippen MR) is 74.6 cm³/mol. The van der Waals surface area contributed by atoms with E-state index in [1.54, 1.807) is 0 Å². The highest BCUT2D eigenvalue weighted by Gasteiger charge is 2.33. The summed E-state index contributed by atoms with van der Waals surface area (Å²) in [6.45, 7) is 9.74. The van der Waals surface area contributed by atoms with E-state index < -0.39 is 0 Å². The van der Waals surface area contributed by atoms with E-state index in [1.807, 2.05) is 6.07 Å². The van der Waals surface area contributed by atoms with Gasteiger partial charge in [0.1, 0.15) is 17.5 Å². The summed E-state index contributed by atoms with van der Waals surface area (Å²) in [6, 6.07) is 1.93. The van der Waals surface area contributed by atoms with Crippen LogP contribution in [0, 0.1) is 0 Å². The third-order valence-electron chi connectivity index (χ3n) is 3.57. The van der Waals surface area contributed by atoms with Crippen molar-refractivity contribution in [2.24, 2.45) is 5.84 Å². The van der Waals surface area contributed by atoms with Crippen LogP contribution in [-0.4, -0.2) is 22.1 Å². The Balaban J connectivity index is 2.40. The Labute approximate surface area is 109 Å². The van der Waals surface area contributed by atoms with E-state index in [0.29, 0.717) is 11.7 Å². The van der Waals surface area contributed by atoms with Gasteiger partial charge in [-0.15, -0.1) is 0 Å². The molecule has 5 nitrogen and oxygen atoms in total. The third kappa shape index (κ3) is 2.41. The fourth-order valence-electron chi connectivity index (χ4n) is 2.46. The Morgan fingerprint density at radius 3 is 2.61 bits per heavy atom. The molecule has 0 atom stereocenters. The van der Waals surface area contributed by atoms with Crippen molar-refractivity contribution in [2.45, 2.75) is 52.0 Å². The number of aromatic nitrogens is 2. The van der Waals surface area contributed by atoms with Crippen LogP contribution < -0.4 is 16.2 Å². The highest BCUT2D eigenvalue weighted by molar-refractivity contribution is 5.51. The first kappa shape index (κ1) is 13.1. The van der Waals surface area contributed by atoms with Gasteiger partial charge in [0, 0.05) is 24.1 Å².